The topological polar surface area (TPSA) is 69.6 Å². The van der Waals surface area contributed by atoms with Crippen LogP contribution in [0.3, 0.4) is 0 Å². The van der Waals surface area contributed by atoms with Crippen LogP contribution in [0.2, 0.25) is 0 Å². The lowest BCUT2D eigenvalue weighted by Crippen LogP contribution is -2.12. The molecule has 16 heavy (non-hydrogen) atoms. The molecule has 0 spiro atoms. The van der Waals surface area contributed by atoms with Gasteiger partial charge in [-0.15, -0.1) is 5.10 Å². The summed E-state index contributed by atoms with van der Waals surface area (Å²) in [5.41, 5.74) is 6.88. The number of pyridine rings is 1. The molecule has 0 aliphatic heterocycles. The van der Waals surface area contributed by atoms with E-state index in [0.717, 1.165) is 23.0 Å². The third kappa shape index (κ3) is 1.81. The molecule has 1 atom stereocenters. The van der Waals surface area contributed by atoms with E-state index in [2.05, 4.69) is 15.1 Å². The molecule has 0 radical (unpaired) electrons. The predicted octanol–water partition coefficient (Wildman–Crippen LogP) is 1.30. The summed E-state index contributed by atoms with van der Waals surface area (Å²) in [6, 6.07) is 3.76. The molecule has 0 aliphatic carbocycles. The second-order valence-corrected chi connectivity index (χ2v) is 3.82. The largest absolute Gasteiger partial charge is 0.324 e. The van der Waals surface area contributed by atoms with E-state index in [1.54, 1.807) is 10.9 Å². The highest BCUT2D eigenvalue weighted by Gasteiger charge is 2.13. The first-order valence-electron chi connectivity index (χ1n) is 5.20. The molecular formula is C11H15N5. The summed E-state index contributed by atoms with van der Waals surface area (Å²) in [7, 11) is 0. The highest BCUT2D eigenvalue weighted by atomic mass is 15.4. The van der Waals surface area contributed by atoms with Gasteiger partial charge in [-0.05, 0) is 26.8 Å². The number of rotatable bonds is 2. The smallest absolute Gasteiger partial charge is 0.160 e. The Labute approximate surface area is 94.3 Å². The molecule has 5 heteroatoms. The molecule has 0 saturated heterocycles. The lowest BCUT2D eigenvalue weighted by atomic mass is 10.1. The molecule has 2 heterocycles. The van der Waals surface area contributed by atoms with Gasteiger partial charge in [0.25, 0.3) is 0 Å². The first-order valence-corrected chi connectivity index (χ1v) is 5.20. The second-order valence-electron chi connectivity index (χ2n) is 3.82. The van der Waals surface area contributed by atoms with Crippen LogP contribution in [0.5, 0.6) is 0 Å². The van der Waals surface area contributed by atoms with Gasteiger partial charge in [-0.1, -0.05) is 6.07 Å². The zero-order chi connectivity index (χ0) is 11.7. The minimum atomic E-state index is -0.0763. The standard InChI is InChI=1S/C11H15N5/c1-7(12)10-5-4-6-13-11(10)16-9(3)14-8(2)15-16/h4-7H,12H2,1-3H3. The van der Waals surface area contributed by atoms with Crippen LogP contribution in [0.25, 0.3) is 5.82 Å². The summed E-state index contributed by atoms with van der Waals surface area (Å²) < 4.78 is 1.73. The molecule has 0 bridgehead atoms. The number of hydrogen-bond acceptors (Lipinski definition) is 4. The molecule has 2 aromatic heterocycles. The van der Waals surface area contributed by atoms with Crippen molar-refractivity contribution in [2.45, 2.75) is 26.8 Å². The number of hydrogen-bond donors (Lipinski definition) is 1. The Bertz CT molecular complexity index is 501. The summed E-state index contributed by atoms with van der Waals surface area (Å²) in [5.74, 6) is 2.31. The molecule has 1 unspecified atom stereocenters. The van der Waals surface area contributed by atoms with E-state index in [4.69, 9.17) is 5.73 Å². The van der Waals surface area contributed by atoms with Gasteiger partial charge in [0.2, 0.25) is 0 Å². The summed E-state index contributed by atoms with van der Waals surface area (Å²) in [4.78, 5) is 8.58. The molecule has 5 nitrogen and oxygen atoms in total. The normalized spacial score (nSPS) is 12.8. The Balaban J connectivity index is 2.59. The molecular weight excluding hydrogens is 202 g/mol. The average Bonchev–Trinajstić information content (AvgIpc) is 2.57. The van der Waals surface area contributed by atoms with Crippen molar-refractivity contribution in [3.8, 4) is 5.82 Å². The van der Waals surface area contributed by atoms with Crippen LogP contribution in [0, 0.1) is 13.8 Å². The van der Waals surface area contributed by atoms with E-state index in [0.29, 0.717) is 0 Å². The third-order valence-corrected chi connectivity index (χ3v) is 2.38. The van der Waals surface area contributed by atoms with Crippen LogP contribution in [0.15, 0.2) is 18.3 Å². The molecule has 0 aliphatic rings. The van der Waals surface area contributed by atoms with Crippen molar-refractivity contribution in [2.24, 2.45) is 5.73 Å². The van der Waals surface area contributed by atoms with Gasteiger partial charge in [-0.3, -0.25) is 0 Å². The number of nitrogens with zero attached hydrogens (tertiary/aromatic N) is 4. The minimum absolute atomic E-state index is 0.0763. The van der Waals surface area contributed by atoms with Gasteiger partial charge in [0.15, 0.2) is 5.82 Å². The lowest BCUT2D eigenvalue weighted by Gasteiger charge is -2.11. The van der Waals surface area contributed by atoms with Crippen LogP contribution >= 0.6 is 0 Å². The summed E-state index contributed by atoms with van der Waals surface area (Å²) in [5, 5.41) is 4.31. The van der Waals surface area contributed by atoms with E-state index in [-0.39, 0.29) is 6.04 Å². The first kappa shape index (κ1) is 10.8. The molecule has 0 amide bonds. The zero-order valence-electron chi connectivity index (χ0n) is 9.68. The van der Waals surface area contributed by atoms with E-state index >= 15 is 0 Å². The molecule has 2 rings (SSSR count). The molecule has 2 aromatic rings. The monoisotopic (exact) mass is 217 g/mol. The van der Waals surface area contributed by atoms with E-state index in [9.17, 15) is 0 Å². The SMILES string of the molecule is Cc1nc(C)n(-c2ncccc2C(C)N)n1. The highest BCUT2D eigenvalue weighted by molar-refractivity contribution is 5.35. The molecule has 2 N–H and O–H groups in total. The van der Waals surface area contributed by atoms with Gasteiger partial charge in [0.1, 0.15) is 11.6 Å². The quantitative estimate of drug-likeness (QED) is 0.823. The maximum atomic E-state index is 5.91. The fourth-order valence-electron chi connectivity index (χ4n) is 1.66. The highest BCUT2D eigenvalue weighted by Crippen LogP contribution is 2.17. The van der Waals surface area contributed by atoms with E-state index in [1.165, 1.54) is 0 Å². The number of aryl methyl sites for hydroxylation is 2. The van der Waals surface area contributed by atoms with Crippen molar-refractivity contribution in [1.29, 1.82) is 0 Å². The van der Waals surface area contributed by atoms with Gasteiger partial charge in [0, 0.05) is 17.8 Å². The Kier molecular flexibility index (Phi) is 2.70. The van der Waals surface area contributed by atoms with Gasteiger partial charge >= 0.3 is 0 Å². The van der Waals surface area contributed by atoms with Crippen molar-refractivity contribution >= 4 is 0 Å². The van der Waals surface area contributed by atoms with Gasteiger partial charge in [0.05, 0.1) is 0 Å². The van der Waals surface area contributed by atoms with Crippen LogP contribution in [-0.4, -0.2) is 19.7 Å². The maximum Gasteiger partial charge on any atom is 0.160 e. The van der Waals surface area contributed by atoms with Crippen molar-refractivity contribution < 1.29 is 0 Å². The van der Waals surface area contributed by atoms with Gasteiger partial charge in [-0.25, -0.2) is 9.97 Å². The molecule has 0 fully saturated rings. The Morgan fingerprint density at radius 1 is 1.38 bits per heavy atom. The van der Waals surface area contributed by atoms with Crippen molar-refractivity contribution in [1.82, 2.24) is 19.7 Å². The van der Waals surface area contributed by atoms with Gasteiger partial charge < -0.3 is 5.73 Å². The van der Waals surface area contributed by atoms with Crippen LogP contribution in [0.1, 0.15) is 30.2 Å². The van der Waals surface area contributed by atoms with Crippen molar-refractivity contribution in [3.05, 3.63) is 35.5 Å². The fraction of sp³-hybridized carbons (Fsp3) is 0.364. The van der Waals surface area contributed by atoms with E-state index < -0.39 is 0 Å². The zero-order valence-corrected chi connectivity index (χ0v) is 9.68. The van der Waals surface area contributed by atoms with Crippen LogP contribution in [-0.2, 0) is 0 Å². The Morgan fingerprint density at radius 2 is 2.12 bits per heavy atom. The molecule has 84 valence electrons. The first-order chi connectivity index (χ1) is 7.59. The number of nitrogens with two attached hydrogens (primary N) is 1. The Hall–Kier alpha value is -1.75. The van der Waals surface area contributed by atoms with Crippen LogP contribution < -0.4 is 5.73 Å². The number of aromatic nitrogens is 4. The maximum absolute atomic E-state index is 5.91. The molecule has 0 aromatic carbocycles. The van der Waals surface area contributed by atoms with Gasteiger partial charge in [-0.2, -0.15) is 4.68 Å². The minimum Gasteiger partial charge on any atom is -0.324 e. The third-order valence-electron chi connectivity index (χ3n) is 2.38. The average molecular weight is 217 g/mol. The summed E-state index contributed by atoms with van der Waals surface area (Å²) in [6.45, 7) is 5.69. The fourth-order valence-corrected chi connectivity index (χ4v) is 1.66. The molecule has 0 saturated carbocycles. The summed E-state index contributed by atoms with van der Waals surface area (Å²) in [6.07, 6.45) is 1.73. The second kappa shape index (κ2) is 4.02. The predicted molar refractivity (Wildman–Crippen MR) is 61.2 cm³/mol. The van der Waals surface area contributed by atoms with Crippen molar-refractivity contribution in [2.75, 3.05) is 0 Å². The van der Waals surface area contributed by atoms with E-state index in [1.807, 2.05) is 32.9 Å². The lowest BCUT2D eigenvalue weighted by molar-refractivity contribution is 0.744. The Morgan fingerprint density at radius 3 is 2.69 bits per heavy atom. The van der Waals surface area contributed by atoms with Crippen LogP contribution in [0.4, 0.5) is 0 Å². The van der Waals surface area contributed by atoms with Crippen molar-refractivity contribution in [3.63, 3.8) is 0 Å². The summed E-state index contributed by atoms with van der Waals surface area (Å²) >= 11 is 0.